The minimum atomic E-state index is 0.406. The van der Waals surface area contributed by atoms with Crippen molar-refractivity contribution >= 4 is 22.9 Å². The lowest BCUT2D eigenvalue weighted by molar-refractivity contribution is 0.215. The number of hydrogen-bond acceptors (Lipinski definition) is 5. The molecule has 3 rings (SSSR count). The molecule has 0 amide bonds. The monoisotopic (exact) mass is 305 g/mol. The molecule has 21 heavy (non-hydrogen) atoms. The van der Waals surface area contributed by atoms with Gasteiger partial charge in [-0.25, -0.2) is 15.0 Å². The standard InChI is InChI=1S/C15H23N5S/c1-4-16-10-5-6-15(2,3)7-11(10)21-14-12-13(18-8-17-12)19-9-20-14/h8-11,16H,4-7H2,1-3H3,(H,17,18,19,20). The summed E-state index contributed by atoms with van der Waals surface area (Å²) >= 11 is 1.86. The SMILES string of the molecule is CCNC1CCC(C)(C)CC1Sc1ncnc2nc[nH]c12. The smallest absolute Gasteiger partial charge is 0.181 e. The Kier molecular flexibility index (Phi) is 4.17. The number of thioether (sulfide) groups is 1. The Hall–Kier alpha value is -1.14. The number of rotatable bonds is 4. The molecule has 2 atom stereocenters. The Bertz CT molecular complexity index is 609. The minimum Gasteiger partial charge on any atom is -0.341 e. The number of imidazole rings is 1. The Labute approximate surface area is 129 Å². The van der Waals surface area contributed by atoms with Crippen molar-refractivity contribution in [3.8, 4) is 0 Å². The fourth-order valence-corrected chi connectivity index (χ4v) is 4.71. The summed E-state index contributed by atoms with van der Waals surface area (Å²) in [5.74, 6) is 0. The maximum absolute atomic E-state index is 4.47. The van der Waals surface area contributed by atoms with Gasteiger partial charge < -0.3 is 10.3 Å². The van der Waals surface area contributed by atoms with E-state index in [0.717, 1.165) is 22.7 Å². The van der Waals surface area contributed by atoms with Gasteiger partial charge >= 0.3 is 0 Å². The van der Waals surface area contributed by atoms with Crippen molar-refractivity contribution in [3.05, 3.63) is 12.7 Å². The first-order valence-electron chi connectivity index (χ1n) is 7.63. The van der Waals surface area contributed by atoms with Crippen molar-refractivity contribution in [1.82, 2.24) is 25.3 Å². The van der Waals surface area contributed by atoms with Crippen LogP contribution >= 0.6 is 11.8 Å². The van der Waals surface area contributed by atoms with Gasteiger partial charge in [-0.05, 0) is 31.2 Å². The summed E-state index contributed by atoms with van der Waals surface area (Å²) in [5, 5.41) is 5.20. The zero-order valence-electron chi connectivity index (χ0n) is 12.9. The number of nitrogens with one attached hydrogen (secondary N) is 2. The van der Waals surface area contributed by atoms with Gasteiger partial charge in [0.05, 0.1) is 6.33 Å². The summed E-state index contributed by atoms with van der Waals surface area (Å²) in [6.45, 7) is 7.94. The van der Waals surface area contributed by atoms with Crippen LogP contribution in [0.3, 0.4) is 0 Å². The molecule has 1 aliphatic carbocycles. The normalized spacial score (nSPS) is 25.3. The van der Waals surface area contributed by atoms with Crippen LogP contribution < -0.4 is 5.32 Å². The molecule has 0 aromatic carbocycles. The fraction of sp³-hybridized carbons (Fsp3) is 0.667. The van der Waals surface area contributed by atoms with Gasteiger partial charge in [0.25, 0.3) is 0 Å². The number of aromatic amines is 1. The first-order chi connectivity index (χ1) is 10.1. The third-order valence-electron chi connectivity index (χ3n) is 4.25. The maximum Gasteiger partial charge on any atom is 0.181 e. The van der Waals surface area contributed by atoms with Crippen molar-refractivity contribution in [2.75, 3.05) is 6.54 Å². The molecule has 5 nitrogen and oxygen atoms in total. The molecule has 1 saturated carbocycles. The topological polar surface area (TPSA) is 66.5 Å². The highest BCUT2D eigenvalue weighted by atomic mass is 32.2. The van der Waals surface area contributed by atoms with Gasteiger partial charge in [0, 0.05) is 11.3 Å². The van der Waals surface area contributed by atoms with Crippen LogP contribution in [0.1, 0.15) is 40.0 Å². The highest BCUT2D eigenvalue weighted by Gasteiger charge is 2.35. The summed E-state index contributed by atoms with van der Waals surface area (Å²) in [6.07, 6.45) is 7.02. The summed E-state index contributed by atoms with van der Waals surface area (Å²) in [6, 6.07) is 0.556. The molecule has 1 aliphatic rings. The van der Waals surface area contributed by atoms with Crippen molar-refractivity contribution in [2.24, 2.45) is 5.41 Å². The van der Waals surface area contributed by atoms with E-state index in [9.17, 15) is 0 Å². The third kappa shape index (κ3) is 3.21. The average Bonchev–Trinajstić information content (AvgIpc) is 2.91. The lowest BCUT2D eigenvalue weighted by Crippen LogP contribution is -2.44. The van der Waals surface area contributed by atoms with Crippen LogP contribution in [-0.4, -0.2) is 37.8 Å². The van der Waals surface area contributed by atoms with Crippen molar-refractivity contribution in [3.63, 3.8) is 0 Å². The Morgan fingerprint density at radius 1 is 1.38 bits per heavy atom. The van der Waals surface area contributed by atoms with Crippen LogP contribution in [0, 0.1) is 5.41 Å². The molecule has 0 saturated heterocycles. The molecule has 0 spiro atoms. The van der Waals surface area contributed by atoms with Gasteiger partial charge in [0.1, 0.15) is 16.9 Å². The van der Waals surface area contributed by atoms with E-state index in [1.807, 2.05) is 11.8 Å². The van der Waals surface area contributed by atoms with Gasteiger partial charge in [-0.2, -0.15) is 0 Å². The Balaban J connectivity index is 1.84. The number of aromatic nitrogens is 4. The molecule has 2 unspecified atom stereocenters. The number of fused-ring (bicyclic) bond motifs is 1. The Morgan fingerprint density at radius 3 is 3.05 bits per heavy atom. The summed E-state index contributed by atoms with van der Waals surface area (Å²) < 4.78 is 0. The first-order valence-corrected chi connectivity index (χ1v) is 8.51. The highest BCUT2D eigenvalue weighted by molar-refractivity contribution is 8.00. The lowest BCUT2D eigenvalue weighted by Gasteiger charge is -2.40. The zero-order chi connectivity index (χ0) is 14.9. The molecule has 2 heterocycles. The third-order valence-corrected chi connectivity index (χ3v) is 5.58. The van der Waals surface area contributed by atoms with Crippen LogP contribution in [0.5, 0.6) is 0 Å². The minimum absolute atomic E-state index is 0.406. The van der Waals surface area contributed by atoms with Gasteiger partial charge in [0.15, 0.2) is 5.65 Å². The fourth-order valence-electron chi connectivity index (χ4n) is 3.12. The molecule has 2 aromatic heterocycles. The van der Waals surface area contributed by atoms with Crippen LogP contribution in [-0.2, 0) is 0 Å². The van der Waals surface area contributed by atoms with Crippen molar-refractivity contribution < 1.29 is 0 Å². The summed E-state index contributed by atoms with van der Waals surface area (Å²) in [5.41, 5.74) is 2.12. The predicted molar refractivity (Wildman–Crippen MR) is 86.4 cm³/mol. The maximum atomic E-state index is 4.47. The lowest BCUT2D eigenvalue weighted by atomic mass is 9.75. The van der Waals surface area contributed by atoms with E-state index in [1.165, 1.54) is 19.3 Å². The zero-order valence-corrected chi connectivity index (χ0v) is 13.7. The van der Waals surface area contributed by atoms with Crippen molar-refractivity contribution in [2.45, 2.75) is 56.4 Å². The van der Waals surface area contributed by atoms with Crippen LogP contribution in [0.25, 0.3) is 11.2 Å². The van der Waals surface area contributed by atoms with Crippen LogP contribution in [0.4, 0.5) is 0 Å². The average molecular weight is 305 g/mol. The molecule has 0 bridgehead atoms. The van der Waals surface area contributed by atoms with Gasteiger partial charge in [-0.1, -0.05) is 32.5 Å². The Morgan fingerprint density at radius 2 is 2.24 bits per heavy atom. The highest BCUT2D eigenvalue weighted by Crippen LogP contribution is 2.43. The quantitative estimate of drug-likeness (QED) is 0.850. The van der Waals surface area contributed by atoms with Crippen LogP contribution in [0.15, 0.2) is 17.7 Å². The van der Waals surface area contributed by atoms with Gasteiger partial charge in [-0.15, -0.1) is 0 Å². The number of nitrogens with zero attached hydrogens (tertiary/aromatic N) is 3. The molecule has 1 fully saturated rings. The van der Waals surface area contributed by atoms with E-state index in [1.54, 1.807) is 12.7 Å². The summed E-state index contributed by atoms with van der Waals surface area (Å²) in [4.78, 5) is 16.1. The molecule has 2 aromatic rings. The van der Waals surface area contributed by atoms with Gasteiger partial charge in [0.2, 0.25) is 0 Å². The predicted octanol–water partition coefficient (Wildman–Crippen LogP) is 3.00. The summed E-state index contributed by atoms with van der Waals surface area (Å²) in [7, 11) is 0. The molecule has 2 N–H and O–H groups in total. The molecule has 0 aliphatic heterocycles. The van der Waals surface area contributed by atoms with Crippen LogP contribution in [0.2, 0.25) is 0 Å². The number of H-pyrrole nitrogens is 1. The second-order valence-electron chi connectivity index (χ2n) is 6.51. The largest absolute Gasteiger partial charge is 0.341 e. The second-order valence-corrected chi connectivity index (χ2v) is 7.74. The molecular weight excluding hydrogens is 282 g/mol. The second kappa shape index (κ2) is 5.93. The van der Waals surface area contributed by atoms with E-state index in [4.69, 9.17) is 0 Å². The molecule has 0 radical (unpaired) electrons. The molecule has 114 valence electrons. The van der Waals surface area contributed by atoms with E-state index < -0.39 is 0 Å². The number of hydrogen-bond donors (Lipinski definition) is 2. The van der Waals surface area contributed by atoms with E-state index in [2.05, 4.69) is 46.0 Å². The van der Waals surface area contributed by atoms with E-state index in [-0.39, 0.29) is 0 Å². The van der Waals surface area contributed by atoms with Gasteiger partial charge in [-0.3, -0.25) is 0 Å². The first kappa shape index (κ1) is 14.8. The van der Waals surface area contributed by atoms with E-state index >= 15 is 0 Å². The van der Waals surface area contributed by atoms with E-state index in [0.29, 0.717) is 16.7 Å². The molecule has 6 heteroatoms. The molecular formula is C15H23N5S. The van der Waals surface area contributed by atoms with Crippen molar-refractivity contribution in [1.29, 1.82) is 0 Å².